The lowest BCUT2D eigenvalue weighted by Gasteiger charge is -2.01. The van der Waals surface area contributed by atoms with Crippen molar-refractivity contribution in [3.63, 3.8) is 0 Å². The highest BCUT2D eigenvalue weighted by atomic mass is 79.9. The summed E-state index contributed by atoms with van der Waals surface area (Å²) in [6, 6.07) is 6.35. The normalized spacial score (nSPS) is 10.8. The van der Waals surface area contributed by atoms with Crippen LogP contribution in [0.3, 0.4) is 0 Å². The molecule has 1 heterocycles. The van der Waals surface area contributed by atoms with E-state index in [1.807, 2.05) is 0 Å². The summed E-state index contributed by atoms with van der Waals surface area (Å²) in [4.78, 5) is 1.33. The van der Waals surface area contributed by atoms with Gasteiger partial charge in [-0.2, -0.15) is 0 Å². The second-order valence-corrected chi connectivity index (χ2v) is 5.45. The molecule has 0 atom stereocenters. The molecule has 0 N–H and O–H groups in total. The van der Waals surface area contributed by atoms with E-state index < -0.39 is 0 Å². The predicted octanol–water partition coefficient (Wildman–Crippen LogP) is 4.57. The summed E-state index contributed by atoms with van der Waals surface area (Å²) < 4.78 is 7.51. The fraction of sp³-hybridized carbons (Fsp3) is 0.200. The number of ether oxygens (including phenoxy) is 1. The van der Waals surface area contributed by atoms with E-state index in [-0.39, 0.29) is 0 Å². The van der Waals surface area contributed by atoms with Crippen LogP contribution in [0, 0.1) is 0 Å². The molecule has 74 valence electrons. The molecular formula is C10H8Br2OS. The van der Waals surface area contributed by atoms with Crippen LogP contribution in [-0.4, -0.2) is 7.11 Å². The van der Waals surface area contributed by atoms with Gasteiger partial charge in [0, 0.05) is 14.9 Å². The Labute approximate surface area is 103 Å². The minimum atomic E-state index is 0.889. The first kappa shape index (κ1) is 10.5. The van der Waals surface area contributed by atoms with Crippen molar-refractivity contribution in [1.82, 2.24) is 0 Å². The first-order valence-corrected chi connectivity index (χ1v) is 6.79. The van der Waals surface area contributed by atoms with Gasteiger partial charge in [0.05, 0.1) is 11.6 Å². The molecule has 2 rings (SSSR count). The minimum absolute atomic E-state index is 0.889. The maximum absolute atomic E-state index is 5.24. The van der Waals surface area contributed by atoms with Crippen LogP contribution in [0.5, 0.6) is 5.75 Å². The van der Waals surface area contributed by atoms with Gasteiger partial charge in [-0.3, -0.25) is 0 Å². The third kappa shape index (κ3) is 1.83. The number of methoxy groups -OCH3 is 1. The van der Waals surface area contributed by atoms with E-state index in [1.165, 1.54) is 15.0 Å². The summed E-state index contributed by atoms with van der Waals surface area (Å²) in [6.45, 7) is 0. The van der Waals surface area contributed by atoms with Crippen molar-refractivity contribution in [3.8, 4) is 5.75 Å². The Hall–Kier alpha value is -0.0600. The van der Waals surface area contributed by atoms with Gasteiger partial charge < -0.3 is 4.74 Å². The monoisotopic (exact) mass is 334 g/mol. The van der Waals surface area contributed by atoms with E-state index in [9.17, 15) is 0 Å². The number of fused-ring (bicyclic) bond motifs is 1. The van der Waals surface area contributed by atoms with E-state index in [0.29, 0.717) is 0 Å². The molecule has 14 heavy (non-hydrogen) atoms. The summed E-state index contributed by atoms with van der Waals surface area (Å²) in [7, 11) is 1.69. The summed E-state index contributed by atoms with van der Waals surface area (Å²) in [5, 5.41) is 2.17. The largest absolute Gasteiger partial charge is 0.496 e. The number of benzene rings is 1. The standard InChI is InChI=1S/C10H8Br2OS/c1-13-9-4-10-6(3-8(9)12)2-7(5-11)14-10/h2-4H,5H2,1H3. The Balaban J connectivity index is 2.64. The van der Waals surface area contributed by atoms with Gasteiger partial charge in [-0.1, -0.05) is 15.9 Å². The second kappa shape index (κ2) is 4.21. The zero-order valence-corrected chi connectivity index (χ0v) is 11.5. The van der Waals surface area contributed by atoms with Gasteiger partial charge in [0.1, 0.15) is 5.75 Å². The average Bonchev–Trinajstić information content (AvgIpc) is 2.58. The number of hydrogen-bond acceptors (Lipinski definition) is 2. The lowest BCUT2D eigenvalue weighted by atomic mass is 10.2. The minimum Gasteiger partial charge on any atom is -0.496 e. The molecule has 1 nitrogen and oxygen atoms in total. The first-order chi connectivity index (χ1) is 6.74. The summed E-state index contributed by atoms with van der Waals surface area (Å²) in [6.07, 6.45) is 0. The molecule has 0 aliphatic heterocycles. The van der Waals surface area contributed by atoms with Crippen LogP contribution in [0.15, 0.2) is 22.7 Å². The quantitative estimate of drug-likeness (QED) is 0.730. The van der Waals surface area contributed by atoms with Gasteiger partial charge in [0.2, 0.25) is 0 Å². The highest BCUT2D eigenvalue weighted by Crippen LogP contribution is 2.35. The van der Waals surface area contributed by atoms with E-state index >= 15 is 0 Å². The maximum atomic E-state index is 5.24. The predicted molar refractivity (Wildman–Crippen MR) is 68.7 cm³/mol. The number of thiophene rings is 1. The van der Waals surface area contributed by atoms with Crippen molar-refractivity contribution in [2.45, 2.75) is 5.33 Å². The topological polar surface area (TPSA) is 9.23 Å². The molecule has 4 heteroatoms. The smallest absolute Gasteiger partial charge is 0.134 e. The molecule has 1 aromatic carbocycles. The molecule has 2 aromatic rings. The van der Waals surface area contributed by atoms with Gasteiger partial charge in [0.25, 0.3) is 0 Å². The van der Waals surface area contributed by atoms with Gasteiger partial charge >= 0.3 is 0 Å². The summed E-state index contributed by atoms with van der Waals surface area (Å²) >= 11 is 8.72. The molecule has 0 spiro atoms. The third-order valence-corrected chi connectivity index (χ3v) is 4.67. The van der Waals surface area contributed by atoms with Crippen molar-refractivity contribution in [2.24, 2.45) is 0 Å². The van der Waals surface area contributed by atoms with Crippen LogP contribution in [0.1, 0.15) is 4.88 Å². The highest BCUT2D eigenvalue weighted by Gasteiger charge is 2.06. The molecule has 0 saturated carbocycles. The van der Waals surface area contributed by atoms with E-state index in [0.717, 1.165) is 15.6 Å². The third-order valence-electron chi connectivity index (χ3n) is 1.97. The van der Waals surface area contributed by atoms with Gasteiger partial charge in [-0.25, -0.2) is 0 Å². The first-order valence-electron chi connectivity index (χ1n) is 4.06. The molecule has 0 bridgehead atoms. The second-order valence-electron chi connectivity index (χ2n) is 2.87. The van der Waals surface area contributed by atoms with E-state index in [4.69, 9.17) is 4.74 Å². The van der Waals surface area contributed by atoms with Crippen LogP contribution < -0.4 is 4.74 Å². The van der Waals surface area contributed by atoms with Crippen LogP contribution >= 0.6 is 43.2 Å². The van der Waals surface area contributed by atoms with Crippen molar-refractivity contribution >= 4 is 53.3 Å². The van der Waals surface area contributed by atoms with Crippen molar-refractivity contribution in [1.29, 1.82) is 0 Å². The SMILES string of the molecule is COc1cc2sc(CBr)cc2cc1Br. The van der Waals surface area contributed by atoms with Crippen molar-refractivity contribution < 1.29 is 4.74 Å². The molecule has 0 aliphatic rings. The van der Waals surface area contributed by atoms with Crippen LogP contribution in [-0.2, 0) is 5.33 Å². The Bertz CT molecular complexity index is 464. The Morgan fingerprint density at radius 3 is 2.79 bits per heavy atom. The van der Waals surface area contributed by atoms with Crippen LogP contribution in [0.4, 0.5) is 0 Å². The van der Waals surface area contributed by atoms with Gasteiger partial charge in [0.15, 0.2) is 0 Å². The molecule has 0 radical (unpaired) electrons. The average molecular weight is 336 g/mol. The van der Waals surface area contributed by atoms with Crippen LogP contribution in [0.25, 0.3) is 10.1 Å². The number of rotatable bonds is 2. The molecular weight excluding hydrogens is 328 g/mol. The van der Waals surface area contributed by atoms with E-state index in [2.05, 4.69) is 50.1 Å². The number of alkyl halides is 1. The lowest BCUT2D eigenvalue weighted by Crippen LogP contribution is -1.82. The Morgan fingerprint density at radius 1 is 1.36 bits per heavy atom. The van der Waals surface area contributed by atoms with Gasteiger partial charge in [-0.05, 0) is 39.5 Å². The zero-order chi connectivity index (χ0) is 10.1. The van der Waals surface area contributed by atoms with E-state index in [1.54, 1.807) is 18.4 Å². The molecule has 0 aliphatic carbocycles. The van der Waals surface area contributed by atoms with Crippen molar-refractivity contribution in [3.05, 3.63) is 27.5 Å². The fourth-order valence-corrected chi connectivity index (χ4v) is 3.27. The molecule has 1 aromatic heterocycles. The van der Waals surface area contributed by atoms with Crippen molar-refractivity contribution in [2.75, 3.05) is 7.11 Å². The number of halogens is 2. The molecule has 0 unspecified atom stereocenters. The molecule has 0 fully saturated rings. The zero-order valence-electron chi connectivity index (χ0n) is 7.51. The summed E-state index contributed by atoms with van der Waals surface area (Å²) in [5.41, 5.74) is 0. The molecule has 0 saturated heterocycles. The lowest BCUT2D eigenvalue weighted by molar-refractivity contribution is 0.413. The molecule has 0 amide bonds. The maximum Gasteiger partial charge on any atom is 0.134 e. The fourth-order valence-electron chi connectivity index (χ4n) is 1.32. The Morgan fingerprint density at radius 2 is 2.14 bits per heavy atom. The van der Waals surface area contributed by atoms with Gasteiger partial charge in [-0.15, -0.1) is 11.3 Å². The Kier molecular flexibility index (Phi) is 3.14. The number of hydrogen-bond donors (Lipinski definition) is 0. The summed E-state index contributed by atoms with van der Waals surface area (Å²) in [5.74, 6) is 0.889. The highest BCUT2D eigenvalue weighted by molar-refractivity contribution is 9.10. The van der Waals surface area contributed by atoms with Crippen LogP contribution in [0.2, 0.25) is 0 Å².